The summed E-state index contributed by atoms with van der Waals surface area (Å²) in [6.07, 6.45) is 3.93. The summed E-state index contributed by atoms with van der Waals surface area (Å²) in [5, 5.41) is 1.06. The normalized spacial score (nSPS) is 18.7. The molecular weight excluding hydrogens is 207 g/mol. The van der Waals surface area contributed by atoms with E-state index in [0.717, 1.165) is 5.56 Å². The van der Waals surface area contributed by atoms with Crippen LogP contribution >= 0.6 is 23.2 Å². The number of hydrogen-bond donors (Lipinski definition) is 1. The van der Waals surface area contributed by atoms with Crippen LogP contribution in [0, 0.1) is 5.92 Å². The summed E-state index contributed by atoms with van der Waals surface area (Å²) in [6, 6.07) is 1.68. The second-order valence-electron chi connectivity index (χ2n) is 3.36. The van der Waals surface area contributed by atoms with E-state index in [1.807, 2.05) is 0 Å². The molecule has 13 heavy (non-hydrogen) atoms. The molecule has 2 rings (SSSR count). The number of aromatic nitrogens is 1. The predicted octanol–water partition coefficient (Wildman–Crippen LogP) is 2.80. The average Bonchev–Trinajstić information content (AvgIpc) is 2.85. The Labute approximate surface area is 87.1 Å². The molecule has 1 saturated carbocycles. The molecule has 0 unspecified atom stereocenters. The molecule has 1 aromatic rings. The van der Waals surface area contributed by atoms with E-state index in [1.165, 1.54) is 12.8 Å². The molecule has 1 aromatic heterocycles. The van der Waals surface area contributed by atoms with Gasteiger partial charge in [0.2, 0.25) is 0 Å². The summed E-state index contributed by atoms with van der Waals surface area (Å²) in [7, 11) is 0. The molecule has 0 radical (unpaired) electrons. The van der Waals surface area contributed by atoms with Crippen molar-refractivity contribution in [3.8, 4) is 0 Å². The highest BCUT2D eigenvalue weighted by Gasteiger charge is 2.32. The SMILES string of the molecule is N[C@@H](c1c(Cl)ccnc1Cl)C1CC1. The van der Waals surface area contributed by atoms with E-state index < -0.39 is 0 Å². The Balaban J connectivity index is 2.36. The highest BCUT2D eigenvalue weighted by Crippen LogP contribution is 2.42. The minimum absolute atomic E-state index is 0.0475. The van der Waals surface area contributed by atoms with Gasteiger partial charge in [0, 0.05) is 22.8 Å². The van der Waals surface area contributed by atoms with Crippen LogP contribution < -0.4 is 5.73 Å². The lowest BCUT2D eigenvalue weighted by Crippen LogP contribution is -2.13. The van der Waals surface area contributed by atoms with E-state index in [9.17, 15) is 0 Å². The molecule has 0 saturated heterocycles. The Hall–Kier alpha value is -0.310. The Bertz CT molecular complexity index is 303. The maximum Gasteiger partial charge on any atom is 0.135 e. The Morgan fingerprint density at radius 3 is 2.69 bits per heavy atom. The van der Waals surface area contributed by atoms with Crippen LogP contribution in [-0.2, 0) is 0 Å². The molecule has 1 heterocycles. The average molecular weight is 217 g/mol. The molecule has 4 heteroatoms. The number of nitrogens with two attached hydrogens (primary N) is 1. The maximum atomic E-state index is 5.99. The van der Waals surface area contributed by atoms with Crippen LogP contribution in [0.5, 0.6) is 0 Å². The van der Waals surface area contributed by atoms with Crippen molar-refractivity contribution in [2.24, 2.45) is 11.7 Å². The zero-order valence-corrected chi connectivity index (χ0v) is 8.52. The van der Waals surface area contributed by atoms with Gasteiger partial charge in [-0.2, -0.15) is 0 Å². The largest absolute Gasteiger partial charge is 0.324 e. The van der Waals surface area contributed by atoms with Gasteiger partial charge in [-0.15, -0.1) is 0 Å². The van der Waals surface area contributed by atoms with Crippen LogP contribution in [-0.4, -0.2) is 4.98 Å². The lowest BCUT2D eigenvalue weighted by atomic mass is 10.1. The maximum absolute atomic E-state index is 5.99. The molecule has 1 fully saturated rings. The van der Waals surface area contributed by atoms with Crippen LogP contribution in [0.1, 0.15) is 24.4 Å². The molecule has 70 valence electrons. The fourth-order valence-corrected chi connectivity index (χ4v) is 2.02. The van der Waals surface area contributed by atoms with Crippen molar-refractivity contribution < 1.29 is 0 Å². The van der Waals surface area contributed by atoms with Crippen molar-refractivity contribution in [2.75, 3.05) is 0 Å². The fraction of sp³-hybridized carbons (Fsp3) is 0.444. The number of halogens is 2. The number of rotatable bonds is 2. The summed E-state index contributed by atoms with van der Waals surface area (Å²) in [5.74, 6) is 0.541. The highest BCUT2D eigenvalue weighted by atomic mass is 35.5. The molecule has 0 amide bonds. The number of pyridine rings is 1. The monoisotopic (exact) mass is 216 g/mol. The zero-order chi connectivity index (χ0) is 9.42. The van der Waals surface area contributed by atoms with Gasteiger partial charge < -0.3 is 5.73 Å². The van der Waals surface area contributed by atoms with Crippen LogP contribution in [0.15, 0.2) is 12.3 Å². The van der Waals surface area contributed by atoms with E-state index in [0.29, 0.717) is 16.1 Å². The first-order chi connectivity index (χ1) is 6.20. The first-order valence-electron chi connectivity index (χ1n) is 4.25. The summed E-state index contributed by atoms with van der Waals surface area (Å²) < 4.78 is 0. The quantitative estimate of drug-likeness (QED) is 0.773. The molecular formula is C9H10Cl2N2. The molecule has 0 bridgehead atoms. The van der Waals surface area contributed by atoms with Crippen molar-refractivity contribution in [3.05, 3.63) is 28.0 Å². The Morgan fingerprint density at radius 1 is 1.46 bits per heavy atom. The molecule has 2 N–H and O–H groups in total. The molecule has 1 aliphatic carbocycles. The lowest BCUT2D eigenvalue weighted by molar-refractivity contribution is 0.631. The second kappa shape index (κ2) is 3.45. The van der Waals surface area contributed by atoms with Gasteiger partial charge in [0.05, 0.1) is 0 Å². The molecule has 0 spiro atoms. The Kier molecular flexibility index (Phi) is 2.45. The van der Waals surface area contributed by atoms with E-state index >= 15 is 0 Å². The molecule has 2 nitrogen and oxygen atoms in total. The highest BCUT2D eigenvalue weighted by molar-refractivity contribution is 6.35. The second-order valence-corrected chi connectivity index (χ2v) is 4.13. The zero-order valence-electron chi connectivity index (χ0n) is 7.00. The Morgan fingerprint density at radius 2 is 2.15 bits per heavy atom. The van der Waals surface area contributed by atoms with E-state index in [2.05, 4.69) is 4.98 Å². The topological polar surface area (TPSA) is 38.9 Å². The molecule has 0 aromatic carbocycles. The standard InChI is InChI=1S/C9H10Cl2N2/c10-6-3-4-13-9(11)7(6)8(12)5-1-2-5/h3-5,8H,1-2,12H2/t8-/m1/s1. The van der Waals surface area contributed by atoms with Crippen molar-refractivity contribution >= 4 is 23.2 Å². The first kappa shape index (κ1) is 9.25. The van der Waals surface area contributed by atoms with E-state index in [1.54, 1.807) is 12.3 Å². The van der Waals surface area contributed by atoms with Gasteiger partial charge in [-0.1, -0.05) is 23.2 Å². The van der Waals surface area contributed by atoms with Gasteiger partial charge >= 0.3 is 0 Å². The van der Waals surface area contributed by atoms with Gasteiger partial charge in [0.15, 0.2) is 0 Å². The lowest BCUT2D eigenvalue weighted by Gasteiger charge is -2.13. The molecule has 0 aliphatic heterocycles. The summed E-state index contributed by atoms with van der Waals surface area (Å²) in [4.78, 5) is 3.97. The van der Waals surface area contributed by atoms with Crippen LogP contribution in [0.3, 0.4) is 0 Å². The predicted molar refractivity (Wildman–Crippen MR) is 53.9 cm³/mol. The van der Waals surface area contributed by atoms with Crippen LogP contribution in [0.25, 0.3) is 0 Å². The van der Waals surface area contributed by atoms with Crippen molar-refractivity contribution in [1.29, 1.82) is 0 Å². The summed E-state index contributed by atoms with van der Waals surface area (Å²) >= 11 is 11.9. The third-order valence-electron chi connectivity index (χ3n) is 2.35. The van der Waals surface area contributed by atoms with Gasteiger partial charge in [0.1, 0.15) is 5.15 Å². The molecule has 1 atom stereocenters. The van der Waals surface area contributed by atoms with Crippen molar-refractivity contribution in [2.45, 2.75) is 18.9 Å². The smallest absolute Gasteiger partial charge is 0.135 e. The van der Waals surface area contributed by atoms with Gasteiger partial charge in [0.25, 0.3) is 0 Å². The summed E-state index contributed by atoms with van der Waals surface area (Å²) in [6.45, 7) is 0. The third-order valence-corrected chi connectivity index (χ3v) is 2.98. The van der Waals surface area contributed by atoms with Crippen LogP contribution in [0.4, 0.5) is 0 Å². The van der Waals surface area contributed by atoms with E-state index in [4.69, 9.17) is 28.9 Å². The molecule has 1 aliphatic rings. The van der Waals surface area contributed by atoms with Gasteiger partial charge in [-0.05, 0) is 24.8 Å². The van der Waals surface area contributed by atoms with Crippen molar-refractivity contribution in [3.63, 3.8) is 0 Å². The number of hydrogen-bond acceptors (Lipinski definition) is 2. The fourth-order valence-electron chi connectivity index (χ4n) is 1.41. The summed E-state index contributed by atoms with van der Waals surface area (Å²) in [5.41, 5.74) is 6.79. The van der Waals surface area contributed by atoms with Gasteiger partial charge in [-0.3, -0.25) is 0 Å². The van der Waals surface area contributed by atoms with Gasteiger partial charge in [-0.25, -0.2) is 4.98 Å². The third kappa shape index (κ3) is 1.80. The minimum atomic E-state index is -0.0475. The number of nitrogens with zero attached hydrogens (tertiary/aromatic N) is 1. The van der Waals surface area contributed by atoms with Crippen molar-refractivity contribution in [1.82, 2.24) is 4.98 Å². The minimum Gasteiger partial charge on any atom is -0.324 e. The van der Waals surface area contributed by atoms with E-state index in [-0.39, 0.29) is 6.04 Å². The van der Waals surface area contributed by atoms with Crippen LogP contribution in [0.2, 0.25) is 10.2 Å². The first-order valence-corrected chi connectivity index (χ1v) is 5.01.